The minimum absolute atomic E-state index is 0.0489. The number of hydrogen-bond acceptors (Lipinski definition) is 11. The van der Waals surface area contributed by atoms with Crippen LogP contribution in [-0.4, -0.2) is 141 Å². The molecule has 0 saturated carbocycles. The normalized spacial score (nSPS) is 26.6. The number of anilines is 3. The van der Waals surface area contributed by atoms with Crippen LogP contribution in [0.25, 0.3) is 11.3 Å². The molecule has 0 radical (unpaired) electrons. The highest BCUT2D eigenvalue weighted by atomic mass is 19.1. The third-order valence-electron chi connectivity index (χ3n) is 13.2. The maximum atomic E-state index is 14.3. The van der Waals surface area contributed by atoms with E-state index in [2.05, 4.69) is 67.3 Å². The summed E-state index contributed by atoms with van der Waals surface area (Å²) in [6, 6.07) is 11.8. The Morgan fingerprint density at radius 3 is 2.50 bits per heavy atom. The van der Waals surface area contributed by atoms with Gasteiger partial charge in [0.05, 0.1) is 16.9 Å². The van der Waals surface area contributed by atoms with Gasteiger partial charge in [0, 0.05) is 101 Å². The van der Waals surface area contributed by atoms with E-state index in [9.17, 15) is 28.7 Å². The maximum Gasteiger partial charge on any atom is 0.320 e. The van der Waals surface area contributed by atoms with E-state index in [-0.39, 0.29) is 41.9 Å². The second-order valence-electron chi connectivity index (χ2n) is 17.3. The van der Waals surface area contributed by atoms with Crippen molar-refractivity contribution in [2.45, 2.75) is 76.7 Å². The number of rotatable bonds is 5. The standard InChI is InChI=1S/C42H51FN10O5/c1-25-19-48(21-27-11-13-49(14-12-27)29-8-7-28-22-51(40(57)31(28)17-29)34-9-10-36(54)45-39(34)56)20-26(2)53(25)41(58)50-15-16-52-35-18-33(30-5-4-6-32(43)37(30)55)46-47-38(35)44-23-42(52,3)24-50/h4-8,17-18,25-27,34,55H,9-16,19-24H2,1-3H3,(H,44,47)(H,45,54,56)/t25-,26+,34-,42-/m1/s1. The number of urea groups is 1. The number of piperazine rings is 2. The Morgan fingerprint density at radius 1 is 0.966 bits per heavy atom. The monoisotopic (exact) mass is 794 g/mol. The van der Waals surface area contributed by atoms with E-state index in [0.29, 0.717) is 62.1 Å². The Balaban J connectivity index is 0.783. The summed E-state index contributed by atoms with van der Waals surface area (Å²) in [4.78, 5) is 64.6. The van der Waals surface area contributed by atoms with E-state index < -0.39 is 29.1 Å². The third kappa shape index (κ3) is 6.74. The number of nitrogens with one attached hydrogen (secondary N) is 2. The molecule has 58 heavy (non-hydrogen) atoms. The number of aromatic nitrogens is 2. The van der Waals surface area contributed by atoms with E-state index in [1.54, 1.807) is 11.0 Å². The van der Waals surface area contributed by atoms with Gasteiger partial charge in [-0.05, 0) is 81.8 Å². The Hall–Kier alpha value is -5.51. The van der Waals surface area contributed by atoms with Gasteiger partial charge in [-0.3, -0.25) is 24.6 Å². The Labute approximate surface area is 337 Å². The number of benzene rings is 2. The highest BCUT2D eigenvalue weighted by Crippen LogP contribution is 2.41. The van der Waals surface area contributed by atoms with Crippen LogP contribution in [0, 0.1) is 11.7 Å². The molecule has 2 aromatic carbocycles. The fraction of sp³-hybridized carbons (Fsp3) is 0.524. The predicted octanol–water partition coefficient (Wildman–Crippen LogP) is 3.49. The Bertz CT molecular complexity index is 2150. The molecule has 0 bridgehead atoms. The molecule has 15 nitrogen and oxygen atoms in total. The van der Waals surface area contributed by atoms with Gasteiger partial charge in [-0.1, -0.05) is 12.1 Å². The molecule has 4 saturated heterocycles. The lowest BCUT2D eigenvalue weighted by molar-refractivity contribution is -0.136. The number of aromatic hydroxyl groups is 1. The molecule has 16 heteroatoms. The van der Waals surface area contributed by atoms with Gasteiger partial charge in [0.2, 0.25) is 11.8 Å². The van der Waals surface area contributed by atoms with E-state index in [1.165, 1.54) is 12.1 Å². The summed E-state index contributed by atoms with van der Waals surface area (Å²) < 4.78 is 14.2. The van der Waals surface area contributed by atoms with Gasteiger partial charge in [-0.2, -0.15) is 0 Å². The van der Waals surface area contributed by atoms with Crippen LogP contribution in [-0.2, 0) is 16.1 Å². The number of phenolic OH excluding ortho intramolecular Hbond substituents is 1. The van der Waals surface area contributed by atoms with Gasteiger partial charge in [-0.25, -0.2) is 9.18 Å². The second-order valence-corrected chi connectivity index (χ2v) is 17.3. The number of imide groups is 1. The van der Waals surface area contributed by atoms with Crippen LogP contribution in [0.5, 0.6) is 5.75 Å². The summed E-state index contributed by atoms with van der Waals surface area (Å²) in [5, 5.41) is 24.8. The summed E-state index contributed by atoms with van der Waals surface area (Å²) in [6.45, 7) is 13.5. The zero-order valence-corrected chi connectivity index (χ0v) is 33.3. The fourth-order valence-electron chi connectivity index (χ4n) is 10.2. The molecule has 7 heterocycles. The summed E-state index contributed by atoms with van der Waals surface area (Å²) in [7, 11) is 0. The molecule has 5 amide bonds. The number of fused-ring (bicyclic) bond motifs is 4. The molecule has 306 valence electrons. The van der Waals surface area contributed by atoms with Crippen molar-refractivity contribution >= 4 is 40.9 Å². The molecular formula is C42H51FN10O5. The number of carbonyl (C=O) groups is 4. The van der Waals surface area contributed by atoms with E-state index >= 15 is 0 Å². The number of para-hydroxylation sites is 1. The highest BCUT2D eigenvalue weighted by Gasteiger charge is 2.46. The quantitative estimate of drug-likeness (QED) is 0.325. The van der Waals surface area contributed by atoms with Crippen molar-refractivity contribution in [2.75, 3.05) is 74.0 Å². The van der Waals surface area contributed by atoms with Crippen molar-refractivity contribution in [1.82, 2.24) is 35.1 Å². The van der Waals surface area contributed by atoms with E-state index in [4.69, 9.17) is 0 Å². The van der Waals surface area contributed by atoms with Gasteiger partial charge in [-0.15, -0.1) is 10.2 Å². The minimum atomic E-state index is -0.714. The van der Waals surface area contributed by atoms with Crippen molar-refractivity contribution in [2.24, 2.45) is 5.92 Å². The number of nitrogens with zero attached hydrogens (tertiary/aromatic N) is 8. The molecule has 0 unspecified atom stereocenters. The molecule has 4 fully saturated rings. The molecule has 6 aliphatic heterocycles. The third-order valence-corrected chi connectivity index (χ3v) is 13.2. The molecular weight excluding hydrogens is 744 g/mol. The van der Waals surface area contributed by atoms with Crippen LogP contribution in [0.3, 0.4) is 0 Å². The minimum Gasteiger partial charge on any atom is -0.504 e. The summed E-state index contributed by atoms with van der Waals surface area (Å²) in [5.41, 5.74) is 3.64. The maximum absolute atomic E-state index is 14.3. The van der Waals surface area contributed by atoms with Gasteiger partial charge < -0.3 is 34.9 Å². The molecule has 0 spiro atoms. The van der Waals surface area contributed by atoms with E-state index in [0.717, 1.165) is 62.5 Å². The fourth-order valence-corrected chi connectivity index (χ4v) is 10.2. The first-order valence-corrected chi connectivity index (χ1v) is 20.6. The molecule has 6 aliphatic rings. The van der Waals surface area contributed by atoms with Crippen molar-refractivity contribution in [1.29, 1.82) is 0 Å². The SMILES string of the molecule is C[C@@H]1CN(CC2CCN(c3ccc4c(c3)C(=O)N([C@@H]3CCC(=O)NC3=O)C4)CC2)C[C@H](C)N1C(=O)N1CCN2c3cc(-c4cccc(F)c4O)nnc3NC[C@]2(C)C1. The van der Waals surface area contributed by atoms with Crippen LogP contribution in [0.15, 0.2) is 42.5 Å². The lowest BCUT2D eigenvalue weighted by Gasteiger charge is -2.54. The average molecular weight is 795 g/mol. The van der Waals surface area contributed by atoms with Crippen LogP contribution >= 0.6 is 0 Å². The second kappa shape index (κ2) is 14.7. The average Bonchev–Trinajstić information content (AvgIpc) is 3.53. The van der Waals surface area contributed by atoms with Crippen molar-refractivity contribution in [3.63, 3.8) is 0 Å². The molecule has 1 aromatic heterocycles. The van der Waals surface area contributed by atoms with Crippen LogP contribution in [0.2, 0.25) is 0 Å². The number of piperidine rings is 2. The number of hydrogen-bond donors (Lipinski definition) is 3. The predicted molar refractivity (Wildman–Crippen MR) is 215 cm³/mol. The van der Waals surface area contributed by atoms with E-state index in [1.807, 2.05) is 23.1 Å². The molecule has 0 aliphatic carbocycles. The number of phenols is 1. The van der Waals surface area contributed by atoms with Crippen LogP contribution in [0.1, 0.15) is 62.4 Å². The molecule has 4 atom stereocenters. The zero-order valence-electron chi connectivity index (χ0n) is 33.3. The number of halogens is 1. The molecule has 3 N–H and O–H groups in total. The largest absolute Gasteiger partial charge is 0.504 e. The van der Waals surface area contributed by atoms with Crippen molar-refractivity contribution in [3.05, 3.63) is 59.4 Å². The topological polar surface area (TPSA) is 158 Å². The lowest BCUT2D eigenvalue weighted by atomic mass is 9.92. The summed E-state index contributed by atoms with van der Waals surface area (Å²) in [5.74, 6) is -0.847. The highest BCUT2D eigenvalue weighted by molar-refractivity contribution is 6.05. The summed E-state index contributed by atoms with van der Waals surface area (Å²) >= 11 is 0. The lowest BCUT2D eigenvalue weighted by Crippen LogP contribution is -2.69. The van der Waals surface area contributed by atoms with Crippen molar-refractivity contribution in [3.8, 4) is 17.0 Å². The van der Waals surface area contributed by atoms with Gasteiger partial charge in [0.15, 0.2) is 17.4 Å². The molecule has 3 aromatic rings. The Morgan fingerprint density at radius 2 is 1.74 bits per heavy atom. The van der Waals surface area contributed by atoms with Crippen LogP contribution in [0.4, 0.5) is 26.4 Å². The zero-order chi connectivity index (χ0) is 40.5. The number of amides is 5. The first-order valence-electron chi connectivity index (χ1n) is 20.6. The van der Waals surface area contributed by atoms with Gasteiger partial charge in [0.25, 0.3) is 5.91 Å². The van der Waals surface area contributed by atoms with Crippen molar-refractivity contribution < 1.29 is 28.7 Å². The summed E-state index contributed by atoms with van der Waals surface area (Å²) in [6.07, 6.45) is 2.66. The number of carbonyl (C=O) groups excluding carboxylic acids is 4. The Kier molecular flexibility index (Phi) is 9.64. The smallest absolute Gasteiger partial charge is 0.320 e. The van der Waals surface area contributed by atoms with Gasteiger partial charge in [0.1, 0.15) is 6.04 Å². The first kappa shape index (κ1) is 38.0. The van der Waals surface area contributed by atoms with Crippen LogP contribution < -0.4 is 20.4 Å². The molecule has 9 rings (SSSR count). The first-order chi connectivity index (χ1) is 27.9. The van der Waals surface area contributed by atoms with Gasteiger partial charge >= 0.3 is 6.03 Å².